The second-order valence-corrected chi connectivity index (χ2v) is 6.98. The summed E-state index contributed by atoms with van der Waals surface area (Å²) < 4.78 is 0. The largest absolute Gasteiger partial charge is 0.341 e. The fourth-order valence-corrected chi connectivity index (χ4v) is 3.27. The van der Waals surface area contributed by atoms with Gasteiger partial charge in [0.2, 0.25) is 0 Å². The molecule has 1 N–H and O–H groups in total. The minimum Gasteiger partial charge on any atom is -0.341 e. The number of rotatable bonds is 4. The van der Waals surface area contributed by atoms with Gasteiger partial charge in [0, 0.05) is 5.56 Å². The Kier molecular flexibility index (Phi) is 5.22. The van der Waals surface area contributed by atoms with Crippen molar-refractivity contribution in [2.24, 2.45) is 0 Å². The SMILES string of the molecule is Cc1cccc(C(NC(=O)c2cc(C)c(C)cc2C)c2ccccc2)c1. The van der Waals surface area contributed by atoms with Gasteiger partial charge in [-0.05, 0) is 61.6 Å². The molecule has 3 aromatic rings. The highest BCUT2D eigenvalue weighted by molar-refractivity contribution is 5.96. The van der Waals surface area contributed by atoms with Gasteiger partial charge in [-0.2, -0.15) is 0 Å². The molecule has 3 aromatic carbocycles. The first-order valence-electron chi connectivity index (χ1n) is 8.96. The van der Waals surface area contributed by atoms with E-state index in [0.29, 0.717) is 0 Å². The molecule has 2 heteroatoms. The summed E-state index contributed by atoms with van der Waals surface area (Å²) in [7, 11) is 0. The summed E-state index contributed by atoms with van der Waals surface area (Å²) in [6.45, 7) is 8.18. The second kappa shape index (κ2) is 7.57. The number of benzene rings is 3. The van der Waals surface area contributed by atoms with Gasteiger partial charge in [0.15, 0.2) is 0 Å². The van der Waals surface area contributed by atoms with Gasteiger partial charge in [0.25, 0.3) is 5.91 Å². The lowest BCUT2D eigenvalue weighted by Gasteiger charge is -2.21. The topological polar surface area (TPSA) is 29.1 Å². The highest BCUT2D eigenvalue weighted by atomic mass is 16.1. The van der Waals surface area contributed by atoms with Crippen LogP contribution in [0.3, 0.4) is 0 Å². The first-order chi connectivity index (χ1) is 12.5. The van der Waals surface area contributed by atoms with Crippen molar-refractivity contribution < 1.29 is 4.79 Å². The lowest BCUT2D eigenvalue weighted by atomic mass is 9.95. The molecule has 0 spiro atoms. The van der Waals surface area contributed by atoms with Gasteiger partial charge in [-0.15, -0.1) is 0 Å². The minimum absolute atomic E-state index is 0.0408. The van der Waals surface area contributed by atoms with Crippen LogP contribution in [0.2, 0.25) is 0 Å². The van der Waals surface area contributed by atoms with Crippen molar-refractivity contribution in [2.45, 2.75) is 33.7 Å². The minimum atomic E-state index is -0.176. The Labute approximate surface area is 155 Å². The molecule has 1 atom stereocenters. The van der Waals surface area contributed by atoms with E-state index in [1.807, 2.05) is 44.2 Å². The summed E-state index contributed by atoms with van der Waals surface area (Å²) in [5.41, 5.74) is 7.42. The molecule has 0 aromatic heterocycles. The van der Waals surface area contributed by atoms with Crippen molar-refractivity contribution in [3.05, 3.63) is 106 Å². The predicted molar refractivity (Wildman–Crippen MR) is 108 cm³/mol. The zero-order chi connectivity index (χ0) is 18.7. The van der Waals surface area contributed by atoms with Crippen LogP contribution in [-0.4, -0.2) is 5.91 Å². The predicted octanol–water partition coefficient (Wildman–Crippen LogP) is 5.44. The summed E-state index contributed by atoms with van der Waals surface area (Å²) in [4.78, 5) is 13.1. The maximum Gasteiger partial charge on any atom is 0.252 e. The van der Waals surface area contributed by atoms with Crippen molar-refractivity contribution in [3.8, 4) is 0 Å². The highest BCUT2D eigenvalue weighted by Gasteiger charge is 2.19. The summed E-state index contributed by atoms with van der Waals surface area (Å²) >= 11 is 0. The van der Waals surface area contributed by atoms with Crippen LogP contribution in [0.1, 0.15) is 49.8 Å². The van der Waals surface area contributed by atoms with Gasteiger partial charge >= 0.3 is 0 Å². The number of carbonyl (C=O) groups excluding carboxylic acids is 1. The molecule has 3 rings (SSSR count). The van der Waals surface area contributed by atoms with E-state index in [9.17, 15) is 4.79 Å². The second-order valence-electron chi connectivity index (χ2n) is 6.98. The summed E-state index contributed by atoms with van der Waals surface area (Å²) in [5, 5.41) is 3.24. The molecule has 132 valence electrons. The molecule has 0 saturated heterocycles. The number of hydrogen-bond acceptors (Lipinski definition) is 1. The van der Waals surface area contributed by atoms with Crippen LogP contribution in [-0.2, 0) is 0 Å². The first-order valence-corrected chi connectivity index (χ1v) is 8.96. The van der Waals surface area contributed by atoms with E-state index >= 15 is 0 Å². The van der Waals surface area contributed by atoms with Crippen LogP contribution < -0.4 is 5.32 Å². The van der Waals surface area contributed by atoms with Crippen molar-refractivity contribution >= 4 is 5.91 Å². The van der Waals surface area contributed by atoms with Crippen molar-refractivity contribution in [1.82, 2.24) is 5.32 Å². The third kappa shape index (κ3) is 3.85. The van der Waals surface area contributed by atoms with E-state index in [0.717, 1.165) is 27.8 Å². The van der Waals surface area contributed by atoms with Crippen LogP contribution in [0.15, 0.2) is 66.7 Å². The Bertz CT molecular complexity index is 928. The van der Waals surface area contributed by atoms with E-state index in [1.165, 1.54) is 11.1 Å². The van der Waals surface area contributed by atoms with Crippen LogP contribution in [0.4, 0.5) is 0 Å². The smallest absolute Gasteiger partial charge is 0.252 e. The molecule has 0 heterocycles. The quantitative estimate of drug-likeness (QED) is 0.671. The van der Waals surface area contributed by atoms with Gasteiger partial charge in [0.1, 0.15) is 0 Å². The number of carbonyl (C=O) groups is 1. The third-order valence-corrected chi connectivity index (χ3v) is 4.87. The molecular formula is C24H25NO. The summed E-state index contributed by atoms with van der Waals surface area (Å²) in [6, 6.07) is 22.3. The molecule has 1 amide bonds. The molecule has 0 aliphatic rings. The standard InChI is InChI=1S/C24H25NO/c1-16-9-8-12-21(13-16)23(20-10-6-5-7-11-20)25-24(26)22-15-18(3)17(2)14-19(22)4/h5-15,23H,1-4H3,(H,25,26). The molecule has 1 unspecified atom stereocenters. The summed E-state index contributed by atoms with van der Waals surface area (Å²) in [6.07, 6.45) is 0. The lowest BCUT2D eigenvalue weighted by molar-refractivity contribution is 0.0942. The Balaban J connectivity index is 1.99. The van der Waals surface area contributed by atoms with E-state index in [4.69, 9.17) is 0 Å². The molecule has 0 radical (unpaired) electrons. The van der Waals surface area contributed by atoms with Crippen LogP contribution in [0, 0.1) is 27.7 Å². The van der Waals surface area contributed by atoms with Gasteiger partial charge in [-0.3, -0.25) is 4.79 Å². The van der Waals surface area contributed by atoms with Gasteiger partial charge < -0.3 is 5.32 Å². The first kappa shape index (κ1) is 17.9. The Morgan fingerprint density at radius 2 is 1.38 bits per heavy atom. The molecule has 26 heavy (non-hydrogen) atoms. The van der Waals surface area contributed by atoms with E-state index in [-0.39, 0.29) is 11.9 Å². The normalized spacial score (nSPS) is 11.8. The average Bonchev–Trinajstić information content (AvgIpc) is 2.63. The van der Waals surface area contributed by atoms with E-state index in [2.05, 4.69) is 55.6 Å². The number of amides is 1. The zero-order valence-electron chi connectivity index (χ0n) is 15.8. The van der Waals surface area contributed by atoms with Crippen molar-refractivity contribution in [2.75, 3.05) is 0 Å². The fraction of sp³-hybridized carbons (Fsp3) is 0.208. The Morgan fingerprint density at radius 3 is 2.08 bits per heavy atom. The van der Waals surface area contributed by atoms with Gasteiger partial charge in [0.05, 0.1) is 6.04 Å². The molecule has 0 aliphatic heterocycles. The third-order valence-electron chi connectivity index (χ3n) is 4.87. The Morgan fingerprint density at radius 1 is 0.731 bits per heavy atom. The fourth-order valence-electron chi connectivity index (χ4n) is 3.27. The van der Waals surface area contributed by atoms with Crippen LogP contribution in [0.5, 0.6) is 0 Å². The van der Waals surface area contributed by atoms with Crippen LogP contribution >= 0.6 is 0 Å². The molecule has 0 fully saturated rings. The Hall–Kier alpha value is -2.87. The van der Waals surface area contributed by atoms with E-state index < -0.39 is 0 Å². The average molecular weight is 343 g/mol. The number of hydrogen-bond donors (Lipinski definition) is 1. The molecule has 0 bridgehead atoms. The molecular weight excluding hydrogens is 318 g/mol. The molecule has 0 aliphatic carbocycles. The van der Waals surface area contributed by atoms with Gasteiger partial charge in [-0.25, -0.2) is 0 Å². The monoisotopic (exact) mass is 343 g/mol. The summed E-state index contributed by atoms with van der Waals surface area (Å²) in [5.74, 6) is -0.0408. The number of nitrogens with one attached hydrogen (secondary N) is 1. The zero-order valence-corrected chi connectivity index (χ0v) is 15.8. The lowest BCUT2D eigenvalue weighted by Crippen LogP contribution is -2.30. The highest BCUT2D eigenvalue weighted by Crippen LogP contribution is 2.24. The number of aryl methyl sites for hydroxylation is 4. The van der Waals surface area contributed by atoms with Crippen molar-refractivity contribution in [1.29, 1.82) is 0 Å². The maximum absolute atomic E-state index is 13.1. The maximum atomic E-state index is 13.1. The molecule has 0 saturated carbocycles. The van der Waals surface area contributed by atoms with Crippen molar-refractivity contribution in [3.63, 3.8) is 0 Å². The van der Waals surface area contributed by atoms with Gasteiger partial charge in [-0.1, -0.05) is 66.2 Å². The van der Waals surface area contributed by atoms with Crippen LogP contribution in [0.25, 0.3) is 0 Å². The molecule has 2 nitrogen and oxygen atoms in total. The van der Waals surface area contributed by atoms with E-state index in [1.54, 1.807) is 0 Å².